The van der Waals surface area contributed by atoms with E-state index in [-0.39, 0.29) is 11.9 Å². The molecule has 1 N–H and O–H groups in total. The molecule has 10 nitrogen and oxygen atoms in total. The molecule has 0 aliphatic heterocycles. The van der Waals surface area contributed by atoms with Gasteiger partial charge >= 0.3 is 0 Å². The molecule has 5 rings (SSSR count). The van der Waals surface area contributed by atoms with Crippen LogP contribution in [-0.4, -0.2) is 68.2 Å². The normalized spacial score (nSPS) is 12.1. The van der Waals surface area contributed by atoms with Crippen molar-refractivity contribution in [3.63, 3.8) is 0 Å². The first kappa shape index (κ1) is 26.9. The van der Waals surface area contributed by atoms with Gasteiger partial charge in [0.2, 0.25) is 5.82 Å². The number of amides is 1. The minimum Gasteiger partial charge on any atom is -0.492 e. The highest BCUT2D eigenvalue weighted by Gasteiger charge is 2.18. The van der Waals surface area contributed by atoms with E-state index < -0.39 is 0 Å². The highest BCUT2D eigenvalue weighted by atomic mass is 16.5. The number of tetrazole rings is 1. The minimum absolute atomic E-state index is 0.159. The van der Waals surface area contributed by atoms with E-state index in [4.69, 9.17) is 9.72 Å². The molecular formula is C30H32N8O2. The number of hydrogen-bond donors (Lipinski definition) is 1. The number of nitrogens with zero attached hydrogens (tertiary/aromatic N) is 7. The summed E-state index contributed by atoms with van der Waals surface area (Å²) >= 11 is 0. The van der Waals surface area contributed by atoms with E-state index in [1.165, 1.54) is 4.80 Å². The van der Waals surface area contributed by atoms with Crippen LogP contribution in [0.5, 0.6) is 5.75 Å². The van der Waals surface area contributed by atoms with Gasteiger partial charge in [-0.25, -0.2) is 4.98 Å². The van der Waals surface area contributed by atoms with Crippen LogP contribution in [0.15, 0.2) is 66.9 Å². The van der Waals surface area contributed by atoms with Crippen molar-refractivity contribution in [2.24, 2.45) is 7.05 Å². The monoisotopic (exact) mass is 536 g/mol. The van der Waals surface area contributed by atoms with Crippen molar-refractivity contribution in [2.75, 3.05) is 27.2 Å². The third kappa shape index (κ3) is 5.97. The number of aromatic nitrogens is 6. The van der Waals surface area contributed by atoms with E-state index in [2.05, 4.69) is 30.6 Å². The molecule has 0 aliphatic rings. The Kier molecular flexibility index (Phi) is 7.79. The van der Waals surface area contributed by atoms with Gasteiger partial charge in [-0.05, 0) is 80.7 Å². The molecule has 204 valence electrons. The van der Waals surface area contributed by atoms with Gasteiger partial charge in [-0.3, -0.25) is 9.78 Å². The summed E-state index contributed by atoms with van der Waals surface area (Å²) in [4.78, 5) is 26.3. The lowest BCUT2D eigenvalue weighted by atomic mass is 9.99. The van der Waals surface area contributed by atoms with Gasteiger partial charge in [0, 0.05) is 29.3 Å². The summed E-state index contributed by atoms with van der Waals surface area (Å²) in [5.41, 5.74) is 5.50. The highest BCUT2D eigenvalue weighted by molar-refractivity contribution is 5.97. The largest absolute Gasteiger partial charge is 0.492 e. The Morgan fingerprint density at radius 3 is 2.62 bits per heavy atom. The number of hydrogen-bond acceptors (Lipinski definition) is 8. The van der Waals surface area contributed by atoms with Gasteiger partial charge in [0.25, 0.3) is 5.91 Å². The molecule has 0 spiro atoms. The molecule has 0 saturated carbocycles. The molecule has 0 saturated heterocycles. The van der Waals surface area contributed by atoms with Crippen molar-refractivity contribution in [3.05, 3.63) is 83.6 Å². The zero-order chi connectivity index (χ0) is 28.2. The molecule has 0 radical (unpaired) electrons. The van der Waals surface area contributed by atoms with E-state index in [9.17, 15) is 4.79 Å². The quantitative estimate of drug-likeness (QED) is 0.298. The number of pyridine rings is 2. The molecule has 2 aromatic carbocycles. The summed E-state index contributed by atoms with van der Waals surface area (Å²) in [6.07, 6.45) is 1.75. The Morgan fingerprint density at radius 1 is 1.07 bits per heavy atom. The summed E-state index contributed by atoms with van der Waals surface area (Å²) in [5.74, 6) is 0.975. The predicted molar refractivity (Wildman–Crippen MR) is 154 cm³/mol. The first-order valence-corrected chi connectivity index (χ1v) is 13.1. The molecule has 5 aromatic rings. The van der Waals surface area contributed by atoms with Crippen molar-refractivity contribution in [2.45, 2.75) is 19.9 Å². The van der Waals surface area contributed by atoms with E-state index in [0.29, 0.717) is 29.4 Å². The van der Waals surface area contributed by atoms with E-state index >= 15 is 0 Å². The molecule has 0 unspecified atom stereocenters. The summed E-state index contributed by atoms with van der Waals surface area (Å²) < 4.78 is 5.86. The summed E-state index contributed by atoms with van der Waals surface area (Å²) in [6.45, 7) is 5.25. The molecule has 3 heterocycles. The Hall–Kier alpha value is -4.70. The van der Waals surface area contributed by atoms with E-state index in [0.717, 1.165) is 39.8 Å². The second-order valence-electron chi connectivity index (χ2n) is 9.97. The molecule has 40 heavy (non-hydrogen) atoms. The van der Waals surface area contributed by atoms with E-state index in [1.807, 2.05) is 88.6 Å². The van der Waals surface area contributed by atoms with Gasteiger partial charge in [-0.1, -0.05) is 24.3 Å². The summed E-state index contributed by atoms with van der Waals surface area (Å²) in [7, 11) is 5.70. The standard InChI is InChI=1S/C30H32N8O2/c1-19-10-12-22(40-15-14-37(3)4)16-24(19)30(39)32-20(2)25-17-28(33-26-9-7-6-8-23(25)26)21-11-13-27(31-18-21)29-34-36-38(5)35-29/h6-13,16-18,20H,14-15H2,1-5H3,(H,32,39)/t20-/m1/s1. The van der Waals surface area contributed by atoms with Crippen molar-refractivity contribution in [3.8, 4) is 28.5 Å². The Bertz CT molecular complexity index is 1650. The third-order valence-corrected chi connectivity index (χ3v) is 6.62. The lowest BCUT2D eigenvalue weighted by molar-refractivity contribution is 0.0939. The Labute approximate surface area is 233 Å². The SMILES string of the molecule is Cc1ccc(OCCN(C)C)cc1C(=O)N[C@H](C)c1cc(-c2ccc(-c3nnn(C)n3)nc2)nc2ccccc12. The van der Waals surface area contributed by atoms with Gasteiger partial charge in [0.05, 0.1) is 24.3 Å². The second kappa shape index (κ2) is 11.6. The van der Waals surface area contributed by atoms with Crippen LogP contribution in [0.1, 0.15) is 34.5 Å². The second-order valence-corrected chi connectivity index (χ2v) is 9.97. The topological polar surface area (TPSA) is 111 Å². The highest BCUT2D eigenvalue weighted by Crippen LogP contribution is 2.29. The average molecular weight is 537 g/mol. The zero-order valence-electron chi connectivity index (χ0n) is 23.3. The zero-order valence-corrected chi connectivity index (χ0v) is 23.3. The molecule has 0 bridgehead atoms. The predicted octanol–water partition coefficient (Wildman–Crippen LogP) is 4.23. The number of nitrogens with one attached hydrogen (secondary N) is 1. The molecule has 0 fully saturated rings. The van der Waals surface area contributed by atoms with Crippen molar-refractivity contribution >= 4 is 16.8 Å². The number of para-hydroxylation sites is 1. The number of ether oxygens (including phenoxy) is 1. The van der Waals surface area contributed by atoms with E-state index in [1.54, 1.807) is 13.2 Å². The molecule has 1 amide bonds. The lowest BCUT2D eigenvalue weighted by Crippen LogP contribution is -2.27. The number of likely N-dealkylation sites (N-methyl/N-ethyl adjacent to an activating group) is 1. The summed E-state index contributed by atoms with van der Waals surface area (Å²) in [6, 6.07) is 19.1. The van der Waals surface area contributed by atoms with Crippen LogP contribution in [0.25, 0.3) is 33.7 Å². The molecule has 10 heteroatoms. The van der Waals surface area contributed by atoms with Crippen LogP contribution >= 0.6 is 0 Å². The molecular weight excluding hydrogens is 504 g/mol. The van der Waals surface area contributed by atoms with Crippen LogP contribution in [-0.2, 0) is 7.05 Å². The molecule has 3 aromatic heterocycles. The number of rotatable bonds is 9. The van der Waals surface area contributed by atoms with Crippen LogP contribution in [0.3, 0.4) is 0 Å². The number of aryl methyl sites for hydroxylation is 2. The van der Waals surface area contributed by atoms with Crippen molar-refractivity contribution in [1.29, 1.82) is 0 Å². The molecule has 0 aliphatic carbocycles. The van der Waals surface area contributed by atoms with Crippen LogP contribution in [0, 0.1) is 6.92 Å². The third-order valence-electron chi connectivity index (χ3n) is 6.62. The van der Waals surface area contributed by atoms with Crippen LogP contribution in [0.2, 0.25) is 0 Å². The van der Waals surface area contributed by atoms with Crippen LogP contribution in [0.4, 0.5) is 0 Å². The fourth-order valence-corrected chi connectivity index (χ4v) is 4.41. The number of carbonyl (C=O) groups is 1. The summed E-state index contributed by atoms with van der Waals surface area (Å²) in [5, 5.41) is 16.3. The molecule has 1 atom stereocenters. The maximum Gasteiger partial charge on any atom is 0.252 e. The van der Waals surface area contributed by atoms with Gasteiger partial charge in [0.15, 0.2) is 0 Å². The maximum atomic E-state index is 13.4. The number of fused-ring (bicyclic) bond motifs is 1. The smallest absolute Gasteiger partial charge is 0.252 e. The van der Waals surface area contributed by atoms with Crippen molar-refractivity contribution in [1.82, 2.24) is 40.4 Å². The lowest BCUT2D eigenvalue weighted by Gasteiger charge is -2.19. The first-order valence-electron chi connectivity index (χ1n) is 13.1. The van der Waals surface area contributed by atoms with Gasteiger partial charge in [-0.15, -0.1) is 10.2 Å². The van der Waals surface area contributed by atoms with Crippen LogP contribution < -0.4 is 10.1 Å². The van der Waals surface area contributed by atoms with Gasteiger partial charge in [-0.2, -0.15) is 4.80 Å². The van der Waals surface area contributed by atoms with Gasteiger partial charge < -0.3 is 15.0 Å². The average Bonchev–Trinajstić information content (AvgIpc) is 3.39. The first-order chi connectivity index (χ1) is 19.3. The number of benzene rings is 2. The van der Waals surface area contributed by atoms with Gasteiger partial charge in [0.1, 0.15) is 18.1 Å². The van der Waals surface area contributed by atoms with Crippen molar-refractivity contribution < 1.29 is 9.53 Å². The Morgan fingerprint density at radius 2 is 1.90 bits per heavy atom. The number of carbonyl (C=O) groups excluding carboxylic acids is 1. The maximum absolute atomic E-state index is 13.4. The fraction of sp³-hybridized carbons (Fsp3) is 0.267. The minimum atomic E-state index is -0.284. The Balaban J connectivity index is 1.41. The fourth-order valence-electron chi connectivity index (χ4n) is 4.41.